The summed E-state index contributed by atoms with van der Waals surface area (Å²) in [6.07, 6.45) is 6.88. The highest BCUT2D eigenvalue weighted by molar-refractivity contribution is 7.11. The van der Waals surface area contributed by atoms with Crippen LogP contribution < -0.4 is 4.74 Å². The van der Waals surface area contributed by atoms with Gasteiger partial charge in [0.25, 0.3) is 0 Å². The fourth-order valence-electron chi connectivity index (χ4n) is 2.02. The Morgan fingerprint density at radius 2 is 2.00 bits per heavy atom. The fraction of sp³-hybridized carbons (Fsp3) is 0.583. The van der Waals surface area contributed by atoms with E-state index in [4.69, 9.17) is 4.74 Å². The topological polar surface area (TPSA) is 26.3 Å². The third-order valence-corrected chi connectivity index (χ3v) is 3.63. The average Bonchev–Trinajstić information content (AvgIpc) is 2.58. The van der Waals surface area contributed by atoms with Gasteiger partial charge in [-0.25, -0.2) is 0 Å². The summed E-state index contributed by atoms with van der Waals surface area (Å²) in [5, 5.41) is 2.65. The lowest BCUT2D eigenvalue weighted by molar-refractivity contribution is -0.139. The third-order valence-electron chi connectivity index (χ3n) is 2.88. The molecule has 0 radical (unpaired) electrons. The van der Waals surface area contributed by atoms with Crippen LogP contribution in [0.2, 0.25) is 0 Å². The van der Waals surface area contributed by atoms with Gasteiger partial charge < -0.3 is 4.74 Å². The molecule has 0 amide bonds. The molecule has 1 aliphatic rings. The maximum Gasteiger partial charge on any atom is 0.315 e. The number of carbonyl (C=O) groups excluding carboxylic acids is 1. The van der Waals surface area contributed by atoms with E-state index in [-0.39, 0.29) is 11.9 Å². The van der Waals surface area contributed by atoms with Crippen LogP contribution in [0.4, 0.5) is 0 Å². The van der Waals surface area contributed by atoms with Crippen molar-refractivity contribution in [2.45, 2.75) is 38.5 Å². The molecule has 0 aliphatic heterocycles. The molecule has 0 unspecified atom stereocenters. The normalized spacial score (nSPS) is 18.4. The van der Waals surface area contributed by atoms with Crippen LogP contribution in [0.25, 0.3) is 0 Å². The molecule has 0 bridgehead atoms. The van der Waals surface area contributed by atoms with Crippen LogP contribution in [-0.4, -0.2) is 5.97 Å². The van der Waals surface area contributed by atoms with Crippen molar-refractivity contribution >= 4 is 17.3 Å². The van der Waals surface area contributed by atoms with Gasteiger partial charge in [0.2, 0.25) is 0 Å². The van der Waals surface area contributed by atoms with Crippen molar-refractivity contribution in [3.8, 4) is 5.06 Å². The van der Waals surface area contributed by atoms with Crippen LogP contribution in [0.1, 0.15) is 38.5 Å². The van der Waals surface area contributed by atoms with Gasteiger partial charge in [-0.3, -0.25) is 4.79 Å². The minimum atomic E-state index is -0.0284. The fourth-order valence-corrected chi connectivity index (χ4v) is 2.60. The molecule has 1 aromatic heterocycles. The minimum absolute atomic E-state index is 0.0284. The summed E-state index contributed by atoms with van der Waals surface area (Å²) in [7, 11) is 0. The Morgan fingerprint density at radius 3 is 2.60 bits per heavy atom. The van der Waals surface area contributed by atoms with Crippen molar-refractivity contribution in [2.24, 2.45) is 5.92 Å². The minimum Gasteiger partial charge on any atom is -0.415 e. The van der Waals surface area contributed by atoms with Crippen LogP contribution in [0.3, 0.4) is 0 Å². The SMILES string of the molecule is O=C(Oc1cccs1)C1CCCCCC1. The first kappa shape index (κ1) is 10.7. The quantitative estimate of drug-likeness (QED) is 0.566. The summed E-state index contributed by atoms with van der Waals surface area (Å²) in [6, 6.07) is 3.75. The predicted molar refractivity (Wildman–Crippen MR) is 61.1 cm³/mol. The van der Waals surface area contributed by atoms with E-state index in [0.717, 1.165) is 17.9 Å². The van der Waals surface area contributed by atoms with Crippen LogP contribution in [0, 0.1) is 5.92 Å². The molecule has 1 aromatic rings. The molecule has 82 valence electrons. The number of hydrogen-bond acceptors (Lipinski definition) is 3. The molecule has 0 spiro atoms. The van der Waals surface area contributed by atoms with Crippen molar-refractivity contribution in [2.75, 3.05) is 0 Å². The first-order chi connectivity index (χ1) is 7.36. The summed E-state index contributed by atoms with van der Waals surface area (Å²) < 4.78 is 5.33. The second-order valence-electron chi connectivity index (χ2n) is 4.04. The second kappa shape index (κ2) is 5.31. The van der Waals surface area contributed by atoms with Crippen molar-refractivity contribution in [1.82, 2.24) is 0 Å². The Hall–Kier alpha value is -0.830. The van der Waals surface area contributed by atoms with E-state index in [0.29, 0.717) is 0 Å². The molecule has 0 N–H and O–H groups in total. The summed E-state index contributed by atoms with van der Waals surface area (Å²) in [4.78, 5) is 11.8. The van der Waals surface area contributed by atoms with Gasteiger partial charge in [-0.05, 0) is 30.4 Å². The smallest absolute Gasteiger partial charge is 0.315 e. The first-order valence-electron chi connectivity index (χ1n) is 5.61. The van der Waals surface area contributed by atoms with Crippen molar-refractivity contribution < 1.29 is 9.53 Å². The highest BCUT2D eigenvalue weighted by Gasteiger charge is 2.22. The van der Waals surface area contributed by atoms with Gasteiger partial charge in [-0.2, -0.15) is 0 Å². The lowest BCUT2D eigenvalue weighted by atomic mass is 10.0. The highest BCUT2D eigenvalue weighted by Crippen LogP contribution is 2.26. The molecule has 15 heavy (non-hydrogen) atoms. The molecule has 0 saturated heterocycles. The Labute approximate surface area is 94.3 Å². The lowest BCUT2D eigenvalue weighted by Gasteiger charge is -2.11. The predicted octanol–water partition coefficient (Wildman–Crippen LogP) is 3.62. The number of rotatable bonds is 2. The molecular formula is C12H16O2S. The maximum atomic E-state index is 11.8. The average molecular weight is 224 g/mol. The summed E-state index contributed by atoms with van der Waals surface area (Å²) >= 11 is 1.48. The molecule has 3 heteroatoms. The van der Waals surface area contributed by atoms with Gasteiger partial charge in [0.15, 0.2) is 5.06 Å². The van der Waals surface area contributed by atoms with Crippen LogP contribution in [-0.2, 0) is 4.79 Å². The van der Waals surface area contributed by atoms with Gasteiger partial charge in [0.05, 0.1) is 5.92 Å². The van der Waals surface area contributed by atoms with E-state index in [1.54, 1.807) is 0 Å². The van der Waals surface area contributed by atoms with Gasteiger partial charge in [-0.1, -0.05) is 25.7 Å². The molecule has 1 saturated carbocycles. The molecule has 1 aliphatic carbocycles. The molecule has 0 atom stereocenters. The molecule has 1 fully saturated rings. The van der Waals surface area contributed by atoms with Crippen LogP contribution in [0.15, 0.2) is 17.5 Å². The van der Waals surface area contributed by atoms with E-state index in [1.165, 1.54) is 37.0 Å². The van der Waals surface area contributed by atoms with E-state index >= 15 is 0 Å². The third kappa shape index (κ3) is 3.06. The van der Waals surface area contributed by atoms with Gasteiger partial charge in [-0.15, -0.1) is 11.3 Å². The van der Waals surface area contributed by atoms with E-state index in [2.05, 4.69) is 0 Å². The molecule has 2 rings (SSSR count). The Morgan fingerprint density at radius 1 is 1.27 bits per heavy atom. The largest absolute Gasteiger partial charge is 0.415 e. The summed E-state index contributed by atoms with van der Waals surface area (Å²) in [5.74, 6) is 0.106. The Kier molecular flexibility index (Phi) is 3.78. The standard InChI is InChI=1S/C12H16O2S/c13-12(14-11-8-5-9-15-11)10-6-3-1-2-4-7-10/h5,8-10H,1-4,6-7H2. The zero-order valence-corrected chi connectivity index (χ0v) is 9.59. The van der Waals surface area contributed by atoms with Crippen molar-refractivity contribution in [1.29, 1.82) is 0 Å². The number of thiophene rings is 1. The zero-order valence-electron chi connectivity index (χ0n) is 8.78. The van der Waals surface area contributed by atoms with Gasteiger partial charge in [0, 0.05) is 0 Å². The molecule has 2 nitrogen and oxygen atoms in total. The van der Waals surface area contributed by atoms with E-state index in [9.17, 15) is 4.79 Å². The highest BCUT2D eigenvalue weighted by atomic mass is 32.1. The van der Waals surface area contributed by atoms with Crippen LogP contribution in [0.5, 0.6) is 5.06 Å². The molecular weight excluding hydrogens is 208 g/mol. The molecule has 0 aromatic carbocycles. The van der Waals surface area contributed by atoms with Crippen LogP contribution >= 0.6 is 11.3 Å². The second-order valence-corrected chi connectivity index (χ2v) is 4.95. The van der Waals surface area contributed by atoms with E-state index in [1.807, 2.05) is 17.5 Å². The Bertz CT molecular complexity index is 297. The summed E-state index contributed by atoms with van der Waals surface area (Å²) in [5.41, 5.74) is 0. The number of esters is 1. The molecule has 1 heterocycles. The lowest BCUT2D eigenvalue weighted by Crippen LogP contribution is -2.19. The van der Waals surface area contributed by atoms with Gasteiger partial charge in [0.1, 0.15) is 0 Å². The Balaban J connectivity index is 1.89. The number of ether oxygens (including phenoxy) is 1. The monoisotopic (exact) mass is 224 g/mol. The maximum absolute atomic E-state index is 11.8. The number of carbonyl (C=O) groups is 1. The first-order valence-corrected chi connectivity index (χ1v) is 6.49. The van der Waals surface area contributed by atoms with Crippen molar-refractivity contribution in [3.63, 3.8) is 0 Å². The summed E-state index contributed by atoms with van der Waals surface area (Å²) in [6.45, 7) is 0. The van der Waals surface area contributed by atoms with Crippen molar-refractivity contribution in [3.05, 3.63) is 17.5 Å². The zero-order chi connectivity index (χ0) is 10.5. The van der Waals surface area contributed by atoms with E-state index < -0.39 is 0 Å². The van der Waals surface area contributed by atoms with Gasteiger partial charge >= 0.3 is 5.97 Å². The number of hydrogen-bond donors (Lipinski definition) is 0.